The SMILES string of the molecule is O=C(c1cccc(Cl)c1)N1CCN(C(=O)c2ccc3c(c2)OCCO3)CC1. The van der Waals surface area contributed by atoms with Gasteiger partial charge in [0.2, 0.25) is 0 Å². The summed E-state index contributed by atoms with van der Waals surface area (Å²) < 4.78 is 11.0. The number of hydrogen-bond acceptors (Lipinski definition) is 4. The molecule has 0 unspecified atom stereocenters. The molecule has 2 aliphatic rings. The van der Waals surface area contributed by atoms with Crippen molar-refractivity contribution < 1.29 is 19.1 Å². The van der Waals surface area contributed by atoms with Crippen LogP contribution in [0.4, 0.5) is 0 Å². The predicted molar refractivity (Wildman–Crippen MR) is 101 cm³/mol. The van der Waals surface area contributed by atoms with E-state index in [2.05, 4.69) is 0 Å². The average Bonchev–Trinajstić information content (AvgIpc) is 2.72. The van der Waals surface area contributed by atoms with Crippen molar-refractivity contribution in [3.63, 3.8) is 0 Å². The second-order valence-electron chi connectivity index (χ2n) is 6.45. The van der Waals surface area contributed by atoms with Crippen molar-refractivity contribution in [3.05, 3.63) is 58.6 Å². The molecule has 7 heteroatoms. The van der Waals surface area contributed by atoms with E-state index in [9.17, 15) is 9.59 Å². The van der Waals surface area contributed by atoms with Crippen LogP contribution in [0.15, 0.2) is 42.5 Å². The first-order valence-electron chi connectivity index (χ1n) is 8.85. The van der Waals surface area contributed by atoms with Crippen molar-refractivity contribution in [2.75, 3.05) is 39.4 Å². The number of hydrogen-bond donors (Lipinski definition) is 0. The number of piperazine rings is 1. The number of ether oxygens (including phenoxy) is 2. The van der Waals surface area contributed by atoms with Gasteiger partial charge in [-0.1, -0.05) is 17.7 Å². The zero-order valence-electron chi connectivity index (χ0n) is 14.7. The summed E-state index contributed by atoms with van der Waals surface area (Å²) in [6, 6.07) is 12.2. The van der Waals surface area contributed by atoms with E-state index in [1.54, 1.807) is 52.3 Å². The molecule has 2 heterocycles. The first kappa shape index (κ1) is 17.7. The Bertz CT molecular complexity index is 878. The minimum absolute atomic E-state index is 0.0658. The lowest BCUT2D eigenvalue weighted by Crippen LogP contribution is -2.50. The van der Waals surface area contributed by atoms with Crippen LogP contribution < -0.4 is 9.47 Å². The van der Waals surface area contributed by atoms with E-state index >= 15 is 0 Å². The number of rotatable bonds is 2. The quantitative estimate of drug-likeness (QED) is 0.796. The highest BCUT2D eigenvalue weighted by Crippen LogP contribution is 2.31. The molecule has 0 atom stereocenters. The van der Waals surface area contributed by atoms with Gasteiger partial charge in [0, 0.05) is 42.3 Å². The fourth-order valence-corrected chi connectivity index (χ4v) is 3.47. The normalized spacial score (nSPS) is 16.2. The predicted octanol–water partition coefficient (Wildman–Crippen LogP) is 2.71. The maximum absolute atomic E-state index is 12.8. The molecule has 140 valence electrons. The second kappa shape index (κ2) is 7.48. The summed E-state index contributed by atoms with van der Waals surface area (Å²) >= 11 is 5.97. The minimum atomic E-state index is -0.0678. The molecule has 27 heavy (non-hydrogen) atoms. The summed E-state index contributed by atoms with van der Waals surface area (Å²) in [5.41, 5.74) is 1.13. The summed E-state index contributed by atoms with van der Waals surface area (Å²) in [5.74, 6) is 1.13. The number of benzene rings is 2. The largest absolute Gasteiger partial charge is 0.486 e. The van der Waals surface area contributed by atoms with Gasteiger partial charge in [-0.2, -0.15) is 0 Å². The fraction of sp³-hybridized carbons (Fsp3) is 0.300. The molecule has 0 N–H and O–H groups in total. The van der Waals surface area contributed by atoms with E-state index in [1.807, 2.05) is 0 Å². The van der Waals surface area contributed by atoms with Crippen LogP contribution in [-0.2, 0) is 0 Å². The smallest absolute Gasteiger partial charge is 0.254 e. The van der Waals surface area contributed by atoms with Gasteiger partial charge in [0.25, 0.3) is 11.8 Å². The molecule has 4 rings (SSSR count). The minimum Gasteiger partial charge on any atom is -0.486 e. The molecule has 2 aromatic rings. The van der Waals surface area contributed by atoms with E-state index < -0.39 is 0 Å². The number of halogens is 1. The third-order valence-corrected chi connectivity index (χ3v) is 4.95. The van der Waals surface area contributed by atoms with Crippen molar-refractivity contribution in [2.24, 2.45) is 0 Å². The van der Waals surface area contributed by atoms with Gasteiger partial charge in [0.1, 0.15) is 13.2 Å². The van der Waals surface area contributed by atoms with Crippen molar-refractivity contribution in [3.8, 4) is 11.5 Å². The highest BCUT2D eigenvalue weighted by atomic mass is 35.5. The Morgan fingerprint density at radius 3 is 2.00 bits per heavy atom. The monoisotopic (exact) mass is 386 g/mol. The van der Waals surface area contributed by atoms with Gasteiger partial charge in [-0.15, -0.1) is 0 Å². The summed E-state index contributed by atoms with van der Waals surface area (Å²) in [6.45, 7) is 2.94. The second-order valence-corrected chi connectivity index (χ2v) is 6.89. The van der Waals surface area contributed by atoms with Gasteiger partial charge in [-0.05, 0) is 36.4 Å². The number of carbonyl (C=O) groups is 2. The van der Waals surface area contributed by atoms with Gasteiger partial charge in [-0.25, -0.2) is 0 Å². The first-order chi connectivity index (χ1) is 13.1. The van der Waals surface area contributed by atoms with Gasteiger partial charge < -0.3 is 19.3 Å². The van der Waals surface area contributed by atoms with Crippen molar-refractivity contribution in [1.82, 2.24) is 9.80 Å². The van der Waals surface area contributed by atoms with E-state index in [-0.39, 0.29) is 11.8 Å². The molecule has 6 nitrogen and oxygen atoms in total. The third kappa shape index (κ3) is 3.71. The Morgan fingerprint density at radius 2 is 1.37 bits per heavy atom. The third-order valence-electron chi connectivity index (χ3n) is 4.71. The standard InChI is InChI=1S/C20H19ClN2O4/c21-16-3-1-2-14(12-16)19(24)22-6-8-23(9-7-22)20(25)15-4-5-17-18(13-15)27-11-10-26-17/h1-5,12-13H,6-11H2. The molecule has 2 aliphatic heterocycles. The van der Waals surface area contributed by atoms with Crippen LogP contribution in [-0.4, -0.2) is 61.0 Å². The maximum Gasteiger partial charge on any atom is 0.254 e. The number of nitrogens with zero attached hydrogens (tertiary/aromatic N) is 2. The van der Waals surface area contributed by atoms with Crippen LogP contribution in [0.5, 0.6) is 11.5 Å². The molecular formula is C20H19ClN2O4. The first-order valence-corrected chi connectivity index (χ1v) is 9.23. The Balaban J connectivity index is 1.40. The molecule has 2 aromatic carbocycles. The van der Waals surface area contributed by atoms with Crippen LogP contribution in [0.1, 0.15) is 20.7 Å². The molecule has 0 radical (unpaired) electrons. The van der Waals surface area contributed by atoms with Crippen molar-refractivity contribution >= 4 is 23.4 Å². The van der Waals surface area contributed by atoms with E-state index in [1.165, 1.54) is 0 Å². The summed E-state index contributed by atoms with van der Waals surface area (Å²) in [4.78, 5) is 28.9. The summed E-state index contributed by atoms with van der Waals surface area (Å²) in [7, 11) is 0. The van der Waals surface area contributed by atoms with Gasteiger partial charge in [0.05, 0.1) is 0 Å². The molecule has 2 amide bonds. The lowest BCUT2D eigenvalue weighted by Gasteiger charge is -2.35. The molecular weight excluding hydrogens is 368 g/mol. The zero-order chi connectivity index (χ0) is 18.8. The highest BCUT2D eigenvalue weighted by Gasteiger charge is 2.26. The van der Waals surface area contributed by atoms with Gasteiger partial charge in [-0.3, -0.25) is 9.59 Å². The molecule has 0 saturated carbocycles. The van der Waals surface area contributed by atoms with E-state index in [4.69, 9.17) is 21.1 Å². The summed E-state index contributed by atoms with van der Waals surface area (Å²) in [6.07, 6.45) is 0. The van der Waals surface area contributed by atoms with Crippen LogP contribution in [0.2, 0.25) is 5.02 Å². The van der Waals surface area contributed by atoms with Crippen LogP contribution in [0, 0.1) is 0 Å². The Labute approximate surface area is 162 Å². The lowest BCUT2D eigenvalue weighted by atomic mass is 10.1. The van der Waals surface area contributed by atoms with Crippen LogP contribution >= 0.6 is 11.6 Å². The highest BCUT2D eigenvalue weighted by molar-refractivity contribution is 6.30. The molecule has 0 aliphatic carbocycles. The Hall–Kier alpha value is -2.73. The number of carbonyl (C=O) groups excluding carboxylic acids is 2. The molecule has 1 fully saturated rings. The van der Waals surface area contributed by atoms with Crippen LogP contribution in [0.25, 0.3) is 0 Å². The average molecular weight is 387 g/mol. The van der Waals surface area contributed by atoms with Crippen molar-refractivity contribution in [2.45, 2.75) is 0 Å². The Morgan fingerprint density at radius 1 is 0.778 bits per heavy atom. The van der Waals surface area contributed by atoms with Gasteiger partial charge >= 0.3 is 0 Å². The van der Waals surface area contributed by atoms with Crippen molar-refractivity contribution in [1.29, 1.82) is 0 Å². The number of amides is 2. The molecule has 1 saturated heterocycles. The lowest BCUT2D eigenvalue weighted by molar-refractivity contribution is 0.0535. The van der Waals surface area contributed by atoms with Crippen LogP contribution in [0.3, 0.4) is 0 Å². The molecule has 0 bridgehead atoms. The molecule has 0 aromatic heterocycles. The maximum atomic E-state index is 12.8. The topological polar surface area (TPSA) is 59.1 Å². The fourth-order valence-electron chi connectivity index (χ4n) is 3.28. The summed E-state index contributed by atoms with van der Waals surface area (Å²) in [5, 5.41) is 0.535. The number of fused-ring (bicyclic) bond motifs is 1. The molecule has 0 spiro atoms. The van der Waals surface area contributed by atoms with E-state index in [0.29, 0.717) is 67.0 Å². The van der Waals surface area contributed by atoms with E-state index in [0.717, 1.165) is 0 Å². The zero-order valence-corrected chi connectivity index (χ0v) is 15.4. The van der Waals surface area contributed by atoms with Gasteiger partial charge in [0.15, 0.2) is 11.5 Å². The Kier molecular flexibility index (Phi) is 4.90.